The number of fused-ring (bicyclic) bond motifs is 1. The molecule has 0 saturated carbocycles. The maximum atomic E-state index is 12.9. The number of hydrogen-bond acceptors (Lipinski definition) is 5. The highest BCUT2D eigenvalue weighted by Gasteiger charge is 2.30. The fourth-order valence-electron chi connectivity index (χ4n) is 2.87. The maximum absolute atomic E-state index is 12.9. The second-order valence-electron chi connectivity index (χ2n) is 5.88. The van der Waals surface area contributed by atoms with Gasteiger partial charge in [0.2, 0.25) is 10.0 Å². The molecule has 1 aromatic heterocycles. The van der Waals surface area contributed by atoms with Gasteiger partial charge < -0.3 is 0 Å². The quantitative estimate of drug-likeness (QED) is 0.808. The zero-order chi connectivity index (χ0) is 18.1. The summed E-state index contributed by atoms with van der Waals surface area (Å²) in [4.78, 5) is 0. The molecule has 1 aromatic carbocycles. The van der Waals surface area contributed by atoms with Crippen LogP contribution in [0, 0.1) is 0 Å². The van der Waals surface area contributed by atoms with E-state index in [2.05, 4.69) is 4.72 Å². The van der Waals surface area contributed by atoms with Gasteiger partial charge in [0.15, 0.2) is 0 Å². The van der Waals surface area contributed by atoms with Gasteiger partial charge in [0, 0.05) is 6.54 Å². The minimum atomic E-state index is -3.63. The van der Waals surface area contributed by atoms with Crippen molar-refractivity contribution < 1.29 is 16.8 Å². The van der Waals surface area contributed by atoms with Gasteiger partial charge in [-0.05, 0) is 48.4 Å². The van der Waals surface area contributed by atoms with Gasteiger partial charge in [-0.3, -0.25) is 9.03 Å². The highest BCUT2D eigenvalue weighted by atomic mass is 32.2. The van der Waals surface area contributed by atoms with E-state index in [4.69, 9.17) is 0 Å². The first-order valence-electron chi connectivity index (χ1n) is 8.03. The molecule has 0 fully saturated rings. The molecule has 6 nitrogen and oxygen atoms in total. The second-order valence-corrected chi connectivity index (χ2v) is 10.8. The van der Waals surface area contributed by atoms with Crippen LogP contribution in [0.2, 0.25) is 0 Å². The van der Waals surface area contributed by atoms with Crippen molar-refractivity contribution in [2.24, 2.45) is 0 Å². The lowest BCUT2D eigenvalue weighted by molar-refractivity contribution is 0.588. The Bertz CT molecular complexity index is 951. The van der Waals surface area contributed by atoms with Gasteiger partial charge in [0.25, 0.3) is 10.0 Å². The molecule has 1 N–H and O–H groups in total. The lowest BCUT2D eigenvalue weighted by Crippen LogP contribution is -2.35. The van der Waals surface area contributed by atoms with Gasteiger partial charge in [-0.15, -0.1) is 11.3 Å². The lowest BCUT2D eigenvalue weighted by Gasteiger charge is -2.30. The summed E-state index contributed by atoms with van der Waals surface area (Å²) in [6, 6.07) is 8.40. The number of nitrogens with one attached hydrogen (secondary N) is 1. The summed E-state index contributed by atoms with van der Waals surface area (Å²) in [5.41, 5.74) is 1.85. The number of sulfonamides is 2. The van der Waals surface area contributed by atoms with Crippen LogP contribution in [0.1, 0.15) is 25.3 Å². The Balaban J connectivity index is 1.99. The molecule has 0 saturated heterocycles. The maximum Gasteiger partial charge on any atom is 0.273 e. The van der Waals surface area contributed by atoms with E-state index in [0.717, 1.165) is 18.4 Å². The van der Waals surface area contributed by atoms with Crippen molar-refractivity contribution in [2.75, 3.05) is 21.3 Å². The van der Waals surface area contributed by atoms with Crippen molar-refractivity contribution in [3.05, 3.63) is 41.3 Å². The van der Waals surface area contributed by atoms with Gasteiger partial charge in [-0.1, -0.05) is 19.1 Å². The predicted octanol–water partition coefficient (Wildman–Crippen LogP) is 3.04. The number of thiophene rings is 1. The van der Waals surface area contributed by atoms with Gasteiger partial charge >= 0.3 is 0 Å². The van der Waals surface area contributed by atoms with E-state index in [-0.39, 0.29) is 9.96 Å². The normalized spacial score (nSPS) is 15.0. The van der Waals surface area contributed by atoms with E-state index in [1.807, 2.05) is 0 Å². The third-order valence-electron chi connectivity index (χ3n) is 3.95. The molecule has 2 aromatic rings. The van der Waals surface area contributed by atoms with E-state index in [1.54, 1.807) is 42.6 Å². The van der Waals surface area contributed by atoms with Crippen molar-refractivity contribution >= 4 is 42.8 Å². The first-order valence-corrected chi connectivity index (χ1v) is 12.0. The van der Waals surface area contributed by atoms with Crippen LogP contribution in [0.3, 0.4) is 0 Å². The molecule has 0 bridgehead atoms. The summed E-state index contributed by atoms with van der Waals surface area (Å²) in [6.45, 7) is 2.18. The molecule has 0 unspecified atom stereocenters. The largest absolute Gasteiger partial charge is 0.283 e. The van der Waals surface area contributed by atoms with Crippen LogP contribution in [0.5, 0.6) is 0 Å². The van der Waals surface area contributed by atoms with Crippen molar-refractivity contribution in [3.8, 4) is 0 Å². The number of hydrogen-bond donors (Lipinski definition) is 1. The number of benzene rings is 1. The van der Waals surface area contributed by atoms with Crippen LogP contribution in [0.4, 0.5) is 11.4 Å². The van der Waals surface area contributed by atoms with Gasteiger partial charge in [-0.2, -0.15) is 0 Å². The summed E-state index contributed by atoms with van der Waals surface area (Å²) in [6.07, 6.45) is 2.02. The molecule has 9 heteroatoms. The number of rotatable bonds is 6. The standard InChI is InChI=1S/C16H20N2O4S3/c1-2-11-24(19,20)17-14-8-7-13-5-3-9-18(15(13)12-14)25(21,22)16-6-4-10-23-16/h4,6-8,10,12,17H,2-3,5,9,11H2,1H3. The molecule has 0 spiro atoms. The van der Waals surface area contributed by atoms with Gasteiger partial charge in [0.05, 0.1) is 17.1 Å². The average Bonchev–Trinajstić information content (AvgIpc) is 3.09. The van der Waals surface area contributed by atoms with Crippen LogP contribution in [-0.4, -0.2) is 29.1 Å². The molecule has 25 heavy (non-hydrogen) atoms. The fourth-order valence-corrected chi connectivity index (χ4v) is 6.64. The molecule has 2 heterocycles. The zero-order valence-electron chi connectivity index (χ0n) is 13.8. The molecule has 136 valence electrons. The van der Waals surface area contributed by atoms with Gasteiger partial charge in [0.1, 0.15) is 4.21 Å². The third-order valence-corrected chi connectivity index (χ3v) is 8.63. The smallest absolute Gasteiger partial charge is 0.273 e. The van der Waals surface area contributed by atoms with Crippen LogP contribution >= 0.6 is 11.3 Å². The van der Waals surface area contributed by atoms with Crippen LogP contribution in [0.15, 0.2) is 39.9 Å². The number of aryl methyl sites for hydroxylation is 1. The molecule has 0 atom stereocenters. The first-order chi connectivity index (χ1) is 11.8. The Morgan fingerprint density at radius 2 is 2.00 bits per heavy atom. The topological polar surface area (TPSA) is 83.6 Å². The summed E-state index contributed by atoms with van der Waals surface area (Å²) in [5.74, 6) is 0.0291. The molecule has 0 amide bonds. The summed E-state index contributed by atoms with van der Waals surface area (Å²) in [5, 5.41) is 1.73. The predicted molar refractivity (Wildman–Crippen MR) is 101 cm³/mol. The van der Waals surface area contributed by atoms with Crippen molar-refractivity contribution in [1.82, 2.24) is 0 Å². The fraction of sp³-hybridized carbons (Fsp3) is 0.375. The first kappa shape index (κ1) is 18.2. The van der Waals surface area contributed by atoms with E-state index in [9.17, 15) is 16.8 Å². The Hall–Kier alpha value is -1.58. The lowest BCUT2D eigenvalue weighted by atomic mass is 10.0. The van der Waals surface area contributed by atoms with E-state index < -0.39 is 20.0 Å². The molecule has 0 radical (unpaired) electrons. The Morgan fingerprint density at radius 3 is 2.68 bits per heavy atom. The molecule has 3 rings (SSSR count). The van der Waals surface area contributed by atoms with Gasteiger partial charge in [-0.25, -0.2) is 16.8 Å². The minimum Gasteiger partial charge on any atom is -0.283 e. The van der Waals surface area contributed by atoms with E-state index >= 15 is 0 Å². The molecule has 1 aliphatic heterocycles. The Kier molecular flexibility index (Phi) is 5.08. The summed E-state index contributed by atoms with van der Waals surface area (Å²) < 4.78 is 54.0. The van der Waals surface area contributed by atoms with E-state index in [1.165, 1.54) is 15.6 Å². The van der Waals surface area contributed by atoms with Crippen LogP contribution < -0.4 is 9.03 Å². The van der Waals surface area contributed by atoms with E-state index in [0.29, 0.717) is 24.3 Å². The Labute approximate surface area is 152 Å². The molecular formula is C16H20N2O4S3. The van der Waals surface area contributed by atoms with Crippen molar-refractivity contribution in [1.29, 1.82) is 0 Å². The summed E-state index contributed by atoms with van der Waals surface area (Å²) in [7, 11) is -7.05. The number of nitrogens with zero attached hydrogens (tertiary/aromatic N) is 1. The monoisotopic (exact) mass is 400 g/mol. The van der Waals surface area contributed by atoms with Crippen molar-refractivity contribution in [3.63, 3.8) is 0 Å². The number of anilines is 2. The highest BCUT2D eigenvalue weighted by molar-refractivity contribution is 7.94. The SMILES string of the molecule is CCCS(=O)(=O)Nc1ccc2c(c1)N(S(=O)(=O)c1cccs1)CCC2. The minimum absolute atomic E-state index is 0.0291. The van der Waals surface area contributed by atoms with Crippen LogP contribution in [-0.2, 0) is 26.5 Å². The second kappa shape index (κ2) is 6.97. The third kappa shape index (κ3) is 3.83. The molecule has 1 aliphatic rings. The molecule has 0 aliphatic carbocycles. The highest BCUT2D eigenvalue weighted by Crippen LogP contribution is 2.35. The zero-order valence-corrected chi connectivity index (χ0v) is 16.3. The molecular weight excluding hydrogens is 380 g/mol. The summed E-state index contributed by atoms with van der Waals surface area (Å²) >= 11 is 1.18. The average molecular weight is 401 g/mol. The van der Waals surface area contributed by atoms with Crippen molar-refractivity contribution in [2.45, 2.75) is 30.4 Å². The Morgan fingerprint density at radius 1 is 1.20 bits per heavy atom. The van der Waals surface area contributed by atoms with Crippen LogP contribution in [0.25, 0.3) is 0 Å².